The zero-order chi connectivity index (χ0) is 13.0. The van der Waals surface area contributed by atoms with E-state index in [4.69, 9.17) is 10.5 Å². The summed E-state index contributed by atoms with van der Waals surface area (Å²) in [5.41, 5.74) is 7.62. The second-order valence-electron chi connectivity index (χ2n) is 3.91. The van der Waals surface area contributed by atoms with Crippen molar-refractivity contribution in [2.75, 3.05) is 0 Å². The van der Waals surface area contributed by atoms with Gasteiger partial charge in [-0.1, -0.05) is 40.2 Å². The molecule has 18 heavy (non-hydrogen) atoms. The third kappa shape index (κ3) is 3.55. The first kappa shape index (κ1) is 13.1. The first-order valence-corrected chi connectivity index (χ1v) is 6.33. The fourth-order valence-electron chi connectivity index (χ4n) is 1.55. The van der Waals surface area contributed by atoms with Crippen LogP contribution in [0.4, 0.5) is 4.39 Å². The number of halogens is 2. The minimum absolute atomic E-state index is 0.321. The molecule has 2 rings (SSSR count). The molecule has 0 unspecified atom stereocenters. The van der Waals surface area contributed by atoms with Crippen molar-refractivity contribution in [1.29, 1.82) is 0 Å². The number of hydrogen-bond donors (Lipinski definition) is 1. The lowest BCUT2D eigenvalue weighted by Gasteiger charge is -2.07. The monoisotopic (exact) mass is 309 g/mol. The van der Waals surface area contributed by atoms with E-state index in [1.54, 1.807) is 6.07 Å². The maximum absolute atomic E-state index is 13.1. The Morgan fingerprint density at radius 2 is 1.72 bits per heavy atom. The lowest BCUT2D eigenvalue weighted by atomic mass is 10.1. The van der Waals surface area contributed by atoms with E-state index in [2.05, 4.69) is 15.9 Å². The molecular weight excluding hydrogens is 297 g/mol. The largest absolute Gasteiger partial charge is 0.489 e. The maximum atomic E-state index is 13.1. The van der Waals surface area contributed by atoms with Gasteiger partial charge in [0, 0.05) is 17.1 Å². The second kappa shape index (κ2) is 5.98. The highest BCUT2D eigenvalue weighted by molar-refractivity contribution is 9.10. The molecule has 4 heteroatoms. The molecule has 0 aromatic heterocycles. The van der Waals surface area contributed by atoms with Crippen LogP contribution in [0.15, 0.2) is 46.9 Å². The Kier molecular flexibility index (Phi) is 4.33. The van der Waals surface area contributed by atoms with Crippen LogP contribution in [0.3, 0.4) is 0 Å². The molecule has 0 saturated carbocycles. The third-order valence-corrected chi connectivity index (χ3v) is 2.96. The summed E-state index contributed by atoms with van der Waals surface area (Å²) < 4.78 is 19.3. The number of rotatable bonds is 4. The second-order valence-corrected chi connectivity index (χ2v) is 4.83. The van der Waals surface area contributed by atoms with Crippen molar-refractivity contribution >= 4 is 15.9 Å². The minimum Gasteiger partial charge on any atom is -0.489 e. The molecule has 0 saturated heterocycles. The topological polar surface area (TPSA) is 35.2 Å². The Labute approximate surface area is 114 Å². The zero-order valence-corrected chi connectivity index (χ0v) is 11.3. The average Bonchev–Trinajstić information content (AvgIpc) is 2.36. The van der Waals surface area contributed by atoms with Gasteiger partial charge >= 0.3 is 0 Å². The number of nitrogens with two attached hydrogens (primary N) is 1. The summed E-state index contributed by atoms with van der Waals surface area (Å²) in [5, 5.41) is 0. The molecule has 0 fully saturated rings. The molecule has 0 heterocycles. The van der Waals surface area contributed by atoms with Gasteiger partial charge in [-0.15, -0.1) is 0 Å². The summed E-state index contributed by atoms with van der Waals surface area (Å²) in [7, 11) is 0. The predicted octanol–water partition coefficient (Wildman–Crippen LogP) is 3.63. The van der Waals surface area contributed by atoms with E-state index in [1.807, 2.05) is 24.3 Å². The van der Waals surface area contributed by atoms with E-state index in [0.29, 0.717) is 23.4 Å². The molecule has 0 bridgehead atoms. The predicted molar refractivity (Wildman–Crippen MR) is 72.8 cm³/mol. The number of hydrogen-bond acceptors (Lipinski definition) is 2. The Hall–Kier alpha value is -1.39. The van der Waals surface area contributed by atoms with Crippen molar-refractivity contribution in [2.45, 2.75) is 13.2 Å². The Morgan fingerprint density at radius 3 is 2.33 bits per heavy atom. The van der Waals surface area contributed by atoms with Crippen LogP contribution in [0.5, 0.6) is 5.75 Å². The van der Waals surface area contributed by atoms with Crippen LogP contribution >= 0.6 is 15.9 Å². The fraction of sp³-hybridized carbons (Fsp3) is 0.143. The van der Waals surface area contributed by atoms with E-state index in [1.165, 1.54) is 12.1 Å². The Balaban J connectivity index is 2.01. The lowest BCUT2D eigenvalue weighted by Crippen LogP contribution is -1.98. The highest BCUT2D eigenvalue weighted by Gasteiger charge is 2.01. The smallest absolute Gasteiger partial charge is 0.128 e. The zero-order valence-electron chi connectivity index (χ0n) is 9.70. The molecule has 94 valence electrons. The van der Waals surface area contributed by atoms with Crippen molar-refractivity contribution in [2.24, 2.45) is 5.73 Å². The molecule has 0 amide bonds. The molecule has 2 nitrogen and oxygen atoms in total. The van der Waals surface area contributed by atoms with Gasteiger partial charge in [0.15, 0.2) is 0 Å². The van der Waals surface area contributed by atoms with Gasteiger partial charge in [-0.05, 0) is 23.3 Å². The van der Waals surface area contributed by atoms with Crippen LogP contribution in [-0.2, 0) is 13.2 Å². The number of benzene rings is 2. The number of ether oxygens (including phenoxy) is 1. The molecular formula is C14H13BrFNO. The minimum atomic E-state index is -0.321. The highest BCUT2D eigenvalue weighted by Crippen LogP contribution is 2.21. The van der Waals surface area contributed by atoms with Gasteiger partial charge in [0.05, 0.1) is 0 Å². The summed E-state index contributed by atoms with van der Waals surface area (Å²) in [4.78, 5) is 0. The van der Waals surface area contributed by atoms with Crippen LogP contribution in [0.2, 0.25) is 0 Å². The summed E-state index contributed by atoms with van der Waals surface area (Å²) in [6, 6.07) is 12.3. The van der Waals surface area contributed by atoms with Crippen molar-refractivity contribution in [3.05, 3.63) is 63.9 Å². The summed E-state index contributed by atoms with van der Waals surface area (Å²) in [6.45, 7) is 0.929. The molecule has 2 aromatic carbocycles. The van der Waals surface area contributed by atoms with E-state index in [0.717, 1.165) is 11.1 Å². The van der Waals surface area contributed by atoms with Crippen LogP contribution in [0.1, 0.15) is 11.1 Å². The standard InChI is InChI=1S/C14H13BrFNO/c15-12-5-13(16)7-14(6-12)18-9-11-3-1-10(8-17)2-4-11/h1-7H,8-9,17H2. The lowest BCUT2D eigenvalue weighted by molar-refractivity contribution is 0.304. The van der Waals surface area contributed by atoms with Crippen molar-refractivity contribution in [3.8, 4) is 5.75 Å². The summed E-state index contributed by atoms with van der Waals surface area (Å²) >= 11 is 3.22. The molecule has 0 aliphatic heterocycles. The molecule has 2 N–H and O–H groups in total. The molecule has 0 aliphatic rings. The quantitative estimate of drug-likeness (QED) is 0.936. The van der Waals surface area contributed by atoms with E-state index in [9.17, 15) is 4.39 Å². The molecule has 0 spiro atoms. The van der Waals surface area contributed by atoms with Gasteiger partial charge < -0.3 is 10.5 Å². The third-order valence-electron chi connectivity index (χ3n) is 2.50. The first-order valence-electron chi connectivity index (χ1n) is 5.54. The Bertz CT molecular complexity index is 508. The van der Waals surface area contributed by atoms with Crippen molar-refractivity contribution in [1.82, 2.24) is 0 Å². The van der Waals surface area contributed by atoms with Crippen molar-refractivity contribution < 1.29 is 9.13 Å². The van der Waals surface area contributed by atoms with E-state index < -0.39 is 0 Å². The van der Waals surface area contributed by atoms with Gasteiger partial charge in [-0.3, -0.25) is 0 Å². The van der Waals surface area contributed by atoms with E-state index in [-0.39, 0.29) is 5.82 Å². The fourth-order valence-corrected chi connectivity index (χ4v) is 1.99. The van der Waals surface area contributed by atoms with Gasteiger partial charge in [0.1, 0.15) is 18.2 Å². The SMILES string of the molecule is NCc1ccc(COc2cc(F)cc(Br)c2)cc1. The van der Waals surface area contributed by atoms with Crippen LogP contribution in [0.25, 0.3) is 0 Å². The maximum Gasteiger partial charge on any atom is 0.128 e. The normalized spacial score (nSPS) is 10.4. The van der Waals surface area contributed by atoms with Gasteiger partial charge in [-0.2, -0.15) is 0 Å². The highest BCUT2D eigenvalue weighted by atomic mass is 79.9. The van der Waals surface area contributed by atoms with Crippen molar-refractivity contribution in [3.63, 3.8) is 0 Å². The molecule has 2 aromatic rings. The van der Waals surface area contributed by atoms with E-state index >= 15 is 0 Å². The summed E-state index contributed by atoms with van der Waals surface area (Å²) in [6.07, 6.45) is 0. The van der Waals surface area contributed by atoms with Crippen LogP contribution < -0.4 is 10.5 Å². The van der Waals surface area contributed by atoms with Gasteiger partial charge in [-0.25, -0.2) is 4.39 Å². The van der Waals surface area contributed by atoms with Gasteiger partial charge in [0.2, 0.25) is 0 Å². The van der Waals surface area contributed by atoms with Gasteiger partial charge in [0.25, 0.3) is 0 Å². The van der Waals surface area contributed by atoms with Crippen LogP contribution in [-0.4, -0.2) is 0 Å². The Morgan fingerprint density at radius 1 is 1.06 bits per heavy atom. The molecule has 0 aliphatic carbocycles. The molecule has 0 atom stereocenters. The van der Waals surface area contributed by atoms with Crippen LogP contribution in [0, 0.1) is 5.82 Å². The average molecular weight is 310 g/mol. The summed E-state index contributed by atoms with van der Waals surface area (Å²) in [5.74, 6) is 0.183. The molecule has 0 radical (unpaired) electrons. The first-order chi connectivity index (χ1) is 8.67.